The topological polar surface area (TPSA) is 46.2 Å². The molecule has 0 heterocycles. The average Bonchev–Trinajstić information content (AvgIpc) is 2.41. The van der Waals surface area contributed by atoms with Gasteiger partial charge < -0.3 is 0 Å². The third-order valence-corrected chi connectivity index (χ3v) is 8.73. The number of sulfonamides is 1. The first-order chi connectivity index (χ1) is 9.27. The summed E-state index contributed by atoms with van der Waals surface area (Å²) in [5, 5.41) is 0. The van der Waals surface area contributed by atoms with Crippen LogP contribution in [0.2, 0.25) is 0 Å². The molecule has 0 amide bonds. The van der Waals surface area contributed by atoms with Crippen molar-refractivity contribution in [3.8, 4) is 0 Å². The van der Waals surface area contributed by atoms with Gasteiger partial charge in [0, 0.05) is 10.4 Å². The van der Waals surface area contributed by atoms with E-state index in [1.54, 1.807) is 24.3 Å². The first-order valence-corrected chi connectivity index (χ1v) is 9.31. The molecule has 3 saturated carbocycles. The van der Waals surface area contributed by atoms with Gasteiger partial charge in [-0.15, -0.1) is 0 Å². The van der Waals surface area contributed by atoms with Crippen LogP contribution in [-0.2, 0) is 10.0 Å². The van der Waals surface area contributed by atoms with Gasteiger partial charge in [0.1, 0.15) is 0 Å². The highest BCUT2D eigenvalue weighted by Crippen LogP contribution is 2.66. The van der Waals surface area contributed by atoms with Crippen molar-refractivity contribution in [3.63, 3.8) is 0 Å². The summed E-state index contributed by atoms with van der Waals surface area (Å²) in [7, 11) is -3.44. The minimum Gasteiger partial charge on any atom is -0.207 e. The van der Waals surface area contributed by atoms with Gasteiger partial charge in [0.05, 0.1) is 4.90 Å². The summed E-state index contributed by atoms with van der Waals surface area (Å²) in [6.07, 6.45) is 3.07. The molecule has 1 N–H and O–H groups in total. The number of benzene rings is 1. The molecular weight excluding hydrogens is 338 g/mol. The molecular formula is C15H20BrNO2S. The Morgan fingerprint density at radius 2 is 1.85 bits per heavy atom. The molecule has 0 spiro atoms. The molecule has 0 saturated heterocycles. The van der Waals surface area contributed by atoms with E-state index in [0.29, 0.717) is 10.8 Å². The van der Waals surface area contributed by atoms with Crippen molar-refractivity contribution in [1.82, 2.24) is 4.72 Å². The highest BCUT2D eigenvalue weighted by molar-refractivity contribution is 9.10. The molecule has 20 heavy (non-hydrogen) atoms. The summed E-state index contributed by atoms with van der Waals surface area (Å²) in [6.45, 7) is 4.47. The lowest BCUT2D eigenvalue weighted by molar-refractivity contribution is -0.0476. The second-order valence-electron chi connectivity index (χ2n) is 6.55. The van der Waals surface area contributed by atoms with Crippen LogP contribution in [0.3, 0.4) is 0 Å². The van der Waals surface area contributed by atoms with Gasteiger partial charge in [-0.3, -0.25) is 0 Å². The van der Waals surface area contributed by atoms with E-state index in [0.717, 1.165) is 19.3 Å². The molecule has 110 valence electrons. The number of hydrogen-bond donors (Lipinski definition) is 1. The monoisotopic (exact) mass is 357 g/mol. The molecule has 3 aliphatic carbocycles. The molecule has 5 heteroatoms. The van der Waals surface area contributed by atoms with Crippen LogP contribution >= 0.6 is 15.9 Å². The standard InChI is InChI=1S/C15H20BrNO2S/c1-14(2)11-8-9-13(15(14,16)10-11)17-20(18,19)12-6-4-3-5-7-12/h3-7,11,13,17H,8-10H2,1-2H3. The minimum absolute atomic E-state index is 0.0345. The van der Waals surface area contributed by atoms with E-state index in [4.69, 9.17) is 0 Å². The van der Waals surface area contributed by atoms with Gasteiger partial charge in [0.25, 0.3) is 0 Å². The zero-order chi connectivity index (χ0) is 14.6. The van der Waals surface area contributed by atoms with Crippen LogP contribution in [0.1, 0.15) is 33.1 Å². The molecule has 4 rings (SSSR count). The van der Waals surface area contributed by atoms with Crippen LogP contribution in [0.25, 0.3) is 0 Å². The molecule has 3 aliphatic rings. The lowest BCUT2D eigenvalue weighted by Crippen LogP contribution is -2.69. The quantitative estimate of drug-likeness (QED) is 0.843. The van der Waals surface area contributed by atoms with Crippen LogP contribution in [0, 0.1) is 11.3 Å². The summed E-state index contributed by atoms with van der Waals surface area (Å²) < 4.78 is 27.8. The van der Waals surface area contributed by atoms with E-state index in [-0.39, 0.29) is 15.8 Å². The van der Waals surface area contributed by atoms with Gasteiger partial charge >= 0.3 is 0 Å². The SMILES string of the molecule is CC1(C)C2CCC(NS(=O)(=O)c3ccccc3)C1(Br)C2. The van der Waals surface area contributed by atoms with Crippen molar-refractivity contribution in [1.29, 1.82) is 0 Å². The largest absolute Gasteiger partial charge is 0.240 e. The molecule has 0 aliphatic heterocycles. The molecule has 2 bridgehead atoms. The Kier molecular flexibility index (Phi) is 3.31. The van der Waals surface area contributed by atoms with Crippen LogP contribution in [0.5, 0.6) is 0 Å². The summed E-state index contributed by atoms with van der Waals surface area (Å²) >= 11 is 3.84. The van der Waals surface area contributed by atoms with Crippen molar-refractivity contribution in [2.75, 3.05) is 0 Å². The Balaban J connectivity index is 1.85. The molecule has 3 unspecified atom stereocenters. The number of alkyl halides is 1. The Morgan fingerprint density at radius 3 is 2.45 bits per heavy atom. The van der Waals surface area contributed by atoms with E-state index in [1.807, 2.05) is 6.07 Å². The van der Waals surface area contributed by atoms with Crippen molar-refractivity contribution in [3.05, 3.63) is 30.3 Å². The van der Waals surface area contributed by atoms with Crippen molar-refractivity contribution in [2.45, 2.75) is 48.4 Å². The van der Waals surface area contributed by atoms with E-state index in [9.17, 15) is 8.42 Å². The Labute approximate surface area is 129 Å². The second-order valence-corrected chi connectivity index (χ2v) is 9.68. The van der Waals surface area contributed by atoms with Gasteiger partial charge in [-0.25, -0.2) is 13.1 Å². The lowest BCUT2D eigenvalue weighted by Gasteiger charge is -2.66. The first-order valence-electron chi connectivity index (χ1n) is 7.04. The maximum absolute atomic E-state index is 12.5. The van der Waals surface area contributed by atoms with Crippen LogP contribution in [0.4, 0.5) is 0 Å². The number of hydrogen-bond acceptors (Lipinski definition) is 2. The average molecular weight is 358 g/mol. The predicted octanol–water partition coefficient (Wildman–Crippen LogP) is 3.31. The summed E-state index contributed by atoms with van der Waals surface area (Å²) in [5.41, 5.74) is 0.148. The van der Waals surface area contributed by atoms with E-state index >= 15 is 0 Å². The Bertz CT molecular complexity index is 614. The Morgan fingerprint density at radius 1 is 1.20 bits per heavy atom. The minimum atomic E-state index is -3.44. The zero-order valence-corrected chi connectivity index (χ0v) is 14.2. The zero-order valence-electron chi connectivity index (χ0n) is 11.8. The first kappa shape index (κ1) is 14.5. The summed E-state index contributed by atoms with van der Waals surface area (Å²) in [5.74, 6) is 0.708. The van der Waals surface area contributed by atoms with Crippen molar-refractivity contribution >= 4 is 26.0 Å². The molecule has 0 aromatic heterocycles. The maximum atomic E-state index is 12.5. The van der Waals surface area contributed by atoms with Gasteiger partial charge in [-0.05, 0) is 42.7 Å². The van der Waals surface area contributed by atoms with E-state index < -0.39 is 10.0 Å². The van der Waals surface area contributed by atoms with Crippen molar-refractivity contribution < 1.29 is 8.42 Å². The van der Waals surface area contributed by atoms with Crippen LogP contribution in [0.15, 0.2) is 35.2 Å². The fourth-order valence-electron chi connectivity index (χ4n) is 3.74. The van der Waals surface area contributed by atoms with Gasteiger partial charge in [-0.2, -0.15) is 0 Å². The van der Waals surface area contributed by atoms with Gasteiger partial charge in [0.15, 0.2) is 0 Å². The van der Waals surface area contributed by atoms with E-state index in [1.165, 1.54) is 0 Å². The third kappa shape index (κ3) is 1.97. The van der Waals surface area contributed by atoms with Gasteiger partial charge in [-0.1, -0.05) is 48.0 Å². The number of nitrogens with one attached hydrogen (secondary N) is 1. The molecule has 1 aromatic rings. The number of halogens is 1. The van der Waals surface area contributed by atoms with Gasteiger partial charge in [0.2, 0.25) is 10.0 Å². The third-order valence-electron chi connectivity index (χ3n) is 5.34. The lowest BCUT2D eigenvalue weighted by atomic mass is 9.47. The Hall–Kier alpha value is -0.390. The normalized spacial score (nSPS) is 35.4. The van der Waals surface area contributed by atoms with E-state index in [2.05, 4.69) is 34.5 Å². The maximum Gasteiger partial charge on any atom is 0.240 e. The highest BCUT2D eigenvalue weighted by atomic mass is 79.9. The van der Waals surface area contributed by atoms with Crippen molar-refractivity contribution in [2.24, 2.45) is 11.3 Å². The summed E-state index contributed by atoms with van der Waals surface area (Å²) in [4.78, 5) is 0.343. The molecule has 3 atom stereocenters. The molecule has 3 nitrogen and oxygen atoms in total. The van der Waals surface area contributed by atoms with Crippen LogP contribution in [-0.4, -0.2) is 18.8 Å². The molecule has 1 aromatic carbocycles. The fraction of sp³-hybridized carbons (Fsp3) is 0.600. The number of fused-ring (bicyclic) bond motifs is 2. The second kappa shape index (κ2) is 4.55. The molecule has 3 fully saturated rings. The predicted molar refractivity (Wildman–Crippen MR) is 83.3 cm³/mol. The number of rotatable bonds is 3. The summed E-state index contributed by atoms with van der Waals surface area (Å²) in [6, 6.07) is 8.57. The molecule has 0 radical (unpaired) electrons. The fourth-order valence-corrected chi connectivity index (χ4v) is 6.30. The smallest absolute Gasteiger partial charge is 0.207 e. The highest BCUT2D eigenvalue weighted by Gasteiger charge is 2.65. The van der Waals surface area contributed by atoms with Crippen LogP contribution < -0.4 is 4.72 Å².